The van der Waals surface area contributed by atoms with Crippen LogP contribution in [-0.4, -0.2) is 23.8 Å². The van der Waals surface area contributed by atoms with Crippen molar-refractivity contribution in [3.63, 3.8) is 0 Å². The molecule has 0 aliphatic carbocycles. The summed E-state index contributed by atoms with van der Waals surface area (Å²) in [5.74, 6) is -0.561. The highest BCUT2D eigenvalue weighted by Gasteiger charge is 2.43. The van der Waals surface area contributed by atoms with Gasteiger partial charge in [0.05, 0.1) is 0 Å². The van der Waals surface area contributed by atoms with E-state index in [1.165, 1.54) is 0 Å². The molecule has 15 heavy (non-hydrogen) atoms. The summed E-state index contributed by atoms with van der Waals surface area (Å²) >= 11 is 0. The summed E-state index contributed by atoms with van der Waals surface area (Å²) in [6.07, 6.45) is 1.75. The topological polar surface area (TPSA) is 35.5 Å². The van der Waals surface area contributed by atoms with Gasteiger partial charge in [-0.1, -0.05) is 18.6 Å². The third-order valence-electron chi connectivity index (χ3n) is 2.29. The zero-order valence-electron chi connectivity index (χ0n) is 10.2. The molecule has 0 radical (unpaired) electrons. The first-order chi connectivity index (χ1) is 6.85. The van der Waals surface area contributed by atoms with Gasteiger partial charge in [0.1, 0.15) is 12.2 Å². The molecule has 1 rings (SSSR count). The van der Waals surface area contributed by atoms with Gasteiger partial charge in [-0.2, -0.15) is 0 Å². The Balaban J connectivity index is 2.84. The average Bonchev–Trinajstić information content (AvgIpc) is 2.38. The fourth-order valence-electron chi connectivity index (χ4n) is 1.69. The summed E-state index contributed by atoms with van der Waals surface area (Å²) in [6.45, 7) is 9.49. The molecule has 0 bridgehead atoms. The Morgan fingerprint density at radius 2 is 1.93 bits per heavy atom. The monoisotopic (exact) mass is 212 g/mol. The van der Waals surface area contributed by atoms with Gasteiger partial charge >= 0.3 is 0 Å². The molecule has 3 nitrogen and oxygen atoms in total. The number of ketones is 1. The Kier molecular flexibility index (Phi) is 3.68. The molecule has 1 saturated heterocycles. The van der Waals surface area contributed by atoms with Crippen LogP contribution >= 0.6 is 0 Å². The summed E-state index contributed by atoms with van der Waals surface area (Å²) in [6, 6.07) is 0. The lowest BCUT2D eigenvalue weighted by Gasteiger charge is -2.16. The number of carbonyl (C=O) groups is 1. The Morgan fingerprint density at radius 1 is 1.33 bits per heavy atom. The van der Waals surface area contributed by atoms with E-state index in [1.807, 2.05) is 40.7 Å². The molecule has 0 aromatic heterocycles. The molecular formula is C12H20O3. The number of allylic oxidation sites excluding steroid dienone is 1. The van der Waals surface area contributed by atoms with Crippen LogP contribution in [0.3, 0.4) is 0 Å². The Morgan fingerprint density at radius 3 is 2.40 bits per heavy atom. The molecule has 1 heterocycles. The summed E-state index contributed by atoms with van der Waals surface area (Å²) in [4.78, 5) is 11.7. The van der Waals surface area contributed by atoms with Crippen molar-refractivity contribution < 1.29 is 14.3 Å². The second-order valence-corrected chi connectivity index (χ2v) is 4.58. The number of ether oxygens (including phenoxy) is 2. The van der Waals surface area contributed by atoms with Gasteiger partial charge in [0, 0.05) is 6.42 Å². The highest BCUT2D eigenvalue weighted by Crippen LogP contribution is 2.30. The zero-order valence-corrected chi connectivity index (χ0v) is 10.2. The molecule has 0 aromatic carbocycles. The van der Waals surface area contributed by atoms with Crippen molar-refractivity contribution in [2.75, 3.05) is 0 Å². The minimum absolute atomic E-state index is 0.100. The maximum Gasteiger partial charge on any atom is 0.164 e. The molecule has 0 saturated carbocycles. The molecule has 1 aliphatic rings. The van der Waals surface area contributed by atoms with Crippen molar-refractivity contribution in [2.45, 2.75) is 59.0 Å². The van der Waals surface area contributed by atoms with Crippen LogP contribution in [-0.2, 0) is 14.3 Å². The van der Waals surface area contributed by atoms with E-state index in [2.05, 4.69) is 0 Å². The average molecular weight is 212 g/mol. The summed E-state index contributed by atoms with van der Waals surface area (Å²) in [5.41, 5.74) is 1.13. The van der Waals surface area contributed by atoms with Crippen LogP contribution in [0.15, 0.2) is 11.6 Å². The second-order valence-electron chi connectivity index (χ2n) is 4.58. The highest BCUT2D eigenvalue weighted by atomic mass is 16.8. The molecule has 3 heteroatoms. The van der Waals surface area contributed by atoms with Crippen LogP contribution in [0.1, 0.15) is 41.0 Å². The summed E-state index contributed by atoms with van der Waals surface area (Å²) < 4.78 is 11.3. The molecule has 0 N–H and O–H groups in total. The maximum absolute atomic E-state index is 11.7. The SMILES string of the molecule is CCC(=O)[C@H]1OC(C)(C)O[C@H]1C=C(C)C. The second kappa shape index (κ2) is 4.45. The van der Waals surface area contributed by atoms with Gasteiger partial charge in [-0.15, -0.1) is 0 Å². The van der Waals surface area contributed by atoms with Crippen LogP contribution in [0.2, 0.25) is 0 Å². The molecule has 0 aromatic rings. The van der Waals surface area contributed by atoms with Crippen LogP contribution in [0, 0.1) is 0 Å². The lowest BCUT2D eigenvalue weighted by molar-refractivity contribution is -0.153. The molecule has 0 spiro atoms. The lowest BCUT2D eigenvalue weighted by Crippen LogP contribution is -2.30. The van der Waals surface area contributed by atoms with Crippen molar-refractivity contribution in [3.05, 3.63) is 11.6 Å². The van der Waals surface area contributed by atoms with Crippen LogP contribution in [0.5, 0.6) is 0 Å². The first kappa shape index (κ1) is 12.4. The number of rotatable bonds is 3. The molecule has 86 valence electrons. The van der Waals surface area contributed by atoms with Crippen molar-refractivity contribution in [1.82, 2.24) is 0 Å². The molecule has 0 amide bonds. The maximum atomic E-state index is 11.7. The number of Topliss-reactive ketones (excluding diaryl/α,β-unsaturated/α-hetero) is 1. The van der Waals surface area contributed by atoms with Crippen molar-refractivity contribution in [1.29, 1.82) is 0 Å². The fourth-order valence-corrected chi connectivity index (χ4v) is 1.69. The van der Waals surface area contributed by atoms with Gasteiger partial charge in [-0.3, -0.25) is 4.79 Å². The molecule has 0 unspecified atom stereocenters. The Bertz CT molecular complexity index is 275. The Labute approximate surface area is 91.4 Å². The smallest absolute Gasteiger partial charge is 0.164 e. The van der Waals surface area contributed by atoms with E-state index in [9.17, 15) is 4.79 Å². The lowest BCUT2D eigenvalue weighted by atomic mass is 10.1. The Hall–Kier alpha value is -0.670. The van der Waals surface area contributed by atoms with Crippen LogP contribution in [0.25, 0.3) is 0 Å². The van der Waals surface area contributed by atoms with Gasteiger partial charge in [0.15, 0.2) is 11.6 Å². The van der Waals surface area contributed by atoms with Gasteiger partial charge in [-0.05, 0) is 27.7 Å². The third-order valence-corrected chi connectivity index (χ3v) is 2.29. The van der Waals surface area contributed by atoms with E-state index in [0.29, 0.717) is 6.42 Å². The highest BCUT2D eigenvalue weighted by molar-refractivity contribution is 5.84. The van der Waals surface area contributed by atoms with Crippen molar-refractivity contribution >= 4 is 5.78 Å². The zero-order chi connectivity index (χ0) is 11.6. The molecule has 2 atom stereocenters. The van der Waals surface area contributed by atoms with Gasteiger partial charge in [0.25, 0.3) is 0 Å². The van der Waals surface area contributed by atoms with E-state index < -0.39 is 11.9 Å². The molecule has 1 aliphatic heterocycles. The minimum Gasteiger partial charge on any atom is -0.340 e. The van der Waals surface area contributed by atoms with Crippen molar-refractivity contribution in [3.8, 4) is 0 Å². The first-order valence-corrected chi connectivity index (χ1v) is 5.39. The normalized spacial score (nSPS) is 28.9. The third kappa shape index (κ3) is 3.14. The summed E-state index contributed by atoms with van der Waals surface area (Å²) in [7, 11) is 0. The first-order valence-electron chi connectivity index (χ1n) is 5.39. The van der Waals surface area contributed by atoms with E-state index in [0.717, 1.165) is 5.57 Å². The van der Waals surface area contributed by atoms with Gasteiger partial charge in [0.2, 0.25) is 0 Å². The van der Waals surface area contributed by atoms with Crippen LogP contribution in [0.4, 0.5) is 0 Å². The quantitative estimate of drug-likeness (QED) is 0.674. The van der Waals surface area contributed by atoms with Crippen molar-refractivity contribution in [2.24, 2.45) is 0 Å². The predicted octanol–water partition coefficient (Wildman–Crippen LogP) is 2.45. The predicted molar refractivity (Wildman–Crippen MR) is 58.6 cm³/mol. The van der Waals surface area contributed by atoms with E-state index in [1.54, 1.807) is 0 Å². The fraction of sp³-hybridized carbons (Fsp3) is 0.750. The standard InChI is InChI=1S/C12H20O3/c1-6-9(13)11-10(7-8(2)3)14-12(4,5)15-11/h7,10-11H,6H2,1-5H3/t10-,11+/m0/s1. The molecule has 1 fully saturated rings. The minimum atomic E-state index is -0.661. The largest absolute Gasteiger partial charge is 0.340 e. The summed E-state index contributed by atoms with van der Waals surface area (Å²) in [5, 5.41) is 0. The van der Waals surface area contributed by atoms with Crippen LogP contribution < -0.4 is 0 Å². The number of hydrogen-bond donors (Lipinski definition) is 0. The molecular weight excluding hydrogens is 192 g/mol. The van der Waals surface area contributed by atoms with E-state index in [4.69, 9.17) is 9.47 Å². The van der Waals surface area contributed by atoms with E-state index in [-0.39, 0.29) is 11.9 Å². The number of hydrogen-bond acceptors (Lipinski definition) is 3. The number of carbonyl (C=O) groups excluding carboxylic acids is 1. The van der Waals surface area contributed by atoms with Gasteiger partial charge < -0.3 is 9.47 Å². The van der Waals surface area contributed by atoms with Gasteiger partial charge in [-0.25, -0.2) is 0 Å². The van der Waals surface area contributed by atoms with E-state index >= 15 is 0 Å².